The summed E-state index contributed by atoms with van der Waals surface area (Å²) in [7, 11) is 0. The summed E-state index contributed by atoms with van der Waals surface area (Å²) in [5, 5.41) is 0. The van der Waals surface area contributed by atoms with Crippen LogP contribution in [0.5, 0.6) is 5.75 Å². The first-order valence-corrected chi connectivity index (χ1v) is 5.88. The van der Waals surface area contributed by atoms with E-state index in [1.165, 1.54) is 0 Å². The minimum atomic E-state index is 0.410. The highest BCUT2D eigenvalue weighted by atomic mass is 16.5. The lowest BCUT2D eigenvalue weighted by atomic mass is 9.82. The highest BCUT2D eigenvalue weighted by molar-refractivity contribution is 5.20. The van der Waals surface area contributed by atoms with Crippen molar-refractivity contribution in [2.75, 3.05) is 19.8 Å². The van der Waals surface area contributed by atoms with E-state index in [9.17, 15) is 0 Å². The first kappa shape index (κ1) is 11.4. The predicted octanol–water partition coefficient (Wildman–Crippen LogP) is 1.82. The van der Waals surface area contributed by atoms with Crippen molar-refractivity contribution in [1.29, 1.82) is 0 Å². The van der Waals surface area contributed by atoms with E-state index in [1.807, 2.05) is 30.3 Å². The number of rotatable bonds is 6. The maximum absolute atomic E-state index is 5.65. The molecular formula is C13H19NO2. The van der Waals surface area contributed by atoms with Gasteiger partial charge in [0.15, 0.2) is 0 Å². The van der Waals surface area contributed by atoms with Gasteiger partial charge in [0.25, 0.3) is 0 Å². The summed E-state index contributed by atoms with van der Waals surface area (Å²) in [5.41, 5.74) is 5.55. The van der Waals surface area contributed by atoms with E-state index < -0.39 is 0 Å². The molecule has 88 valence electrons. The number of nitrogens with two attached hydrogens (primary N) is 1. The molecule has 0 heterocycles. The van der Waals surface area contributed by atoms with Crippen LogP contribution < -0.4 is 10.5 Å². The van der Waals surface area contributed by atoms with Crippen molar-refractivity contribution in [3.05, 3.63) is 30.3 Å². The van der Waals surface area contributed by atoms with Crippen molar-refractivity contribution in [3.8, 4) is 5.75 Å². The molecule has 0 saturated heterocycles. The Bertz CT molecular complexity index is 296. The molecule has 16 heavy (non-hydrogen) atoms. The zero-order chi connectivity index (χ0) is 11.2. The van der Waals surface area contributed by atoms with Crippen LogP contribution in [0.25, 0.3) is 0 Å². The van der Waals surface area contributed by atoms with Gasteiger partial charge in [-0.25, -0.2) is 0 Å². The monoisotopic (exact) mass is 221 g/mol. The van der Waals surface area contributed by atoms with Gasteiger partial charge in [0, 0.05) is 0 Å². The third-order valence-electron chi connectivity index (χ3n) is 2.97. The third kappa shape index (κ3) is 3.22. The first-order chi connectivity index (χ1) is 7.88. The van der Waals surface area contributed by atoms with Gasteiger partial charge < -0.3 is 15.2 Å². The molecule has 1 fully saturated rings. The molecule has 0 radical (unpaired) electrons. The zero-order valence-electron chi connectivity index (χ0n) is 9.47. The van der Waals surface area contributed by atoms with Crippen LogP contribution >= 0.6 is 0 Å². The molecule has 0 atom stereocenters. The van der Waals surface area contributed by atoms with Gasteiger partial charge in [0.05, 0.1) is 12.7 Å². The minimum Gasteiger partial charge on any atom is -0.491 e. The molecule has 0 bridgehead atoms. The number of benzene rings is 1. The highest BCUT2D eigenvalue weighted by Gasteiger charge is 2.28. The second-order valence-electron chi connectivity index (χ2n) is 4.23. The molecule has 3 heteroatoms. The molecule has 1 aromatic carbocycles. The Balaban J connectivity index is 1.53. The van der Waals surface area contributed by atoms with Crippen molar-refractivity contribution in [3.63, 3.8) is 0 Å². The molecular weight excluding hydrogens is 202 g/mol. The minimum absolute atomic E-state index is 0.410. The average Bonchev–Trinajstić information content (AvgIpc) is 2.28. The van der Waals surface area contributed by atoms with E-state index in [1.54, 1.807) is 0 Å². The van der Waals surface area contributed by atoms with Gasteiger partial charge in [-0.2, -0.15) is 0 Å². The van der Waals surface area contributed by atoms with Gasteiger partial charge in [-0.15, -0.1) is 0 Å². The molecule has 0 aromatic heterocycles. The summed E-state index contributed by atoms with van der Waals surface area (Å²) in [4.78, 5) is 0. The molecule has 0 unspecified atom stereocenters. The Kier molecular flexibility index (Phi) is 4.19. The van der Waals surface area contributed by atoms with Crippen LogP contribution in [0.3, 0.4) is 0 Å². The average molecular weight is 221 g/mol. The van der Waals surface area contributed by atoms with Gasteiger partial charge >= 0.3 is 0 Å². The Labute approximate surface area is 96.5 Å². The summed E-state index contributed by atoms with van der Waals surface area (Å²) >= 11 is 0. The van der Waals surface area contributed by atoms with Crippen LogP contribution in [0.4, 0.5) is 0 Å². The Morgan fingerprint density at radius 2 is 1.88 bits per heavy atom. The Hall–Kier alpha value is -1.06. The fraction of sp³-hybridized carbons (Fsp3) is 0.538. The molecule has 2 N–H and O–H groups in total. The fourth-order valence-corrected chi connectivity index (χ4v) is 1.89. The molecule has 0 amide bonds. The Morgan fingerprint density at radius 3 is 2.56 bits per heavy atom. The summed E-state index contributed by atoms with van der Waals surface area (Å²) in [5.74, 6) is 1.58. The molecule has 1 saturated carbocycles. The van der Waals surface area contributed by atoms with Crippen LogP contribution in [0.1, 0.15) is 12.8 Å². The standard InChI is InChI=1S/C13H19NO2/c14-10-11-8-13(9-11)16-7-6-15-12-4-2-1-3-5-12/h1-5,11,13H,6-10,14H2. The zero-order valence-corrected chi connectivity index (χ0v) is 9.47. The van der Waals surface area contributed by atoms with Crippen LogP contribution in [0.2, 0.25) is 0 Å². The second-order valence-corrected chi connectivity index (χ2v) is 4.23. The number of ether oxygens (including phenoxy) is 2. The van der Waals surface area contributed by atoms with Gasteiger partial charge in [-0.05, 0) is 37.4 Å². The number of hydrogen-bond acceptors (Lipinski definition) is 3. The van der Waals surface area contributed by atoms with Gasteiger partial charge in [-0.3, -0.25) is 0 Å². The van der Waals surface area contributed by atoms with Crippen LogP contribution in [0, 0.1) is 5.92 Å². The smallest absolute Gasteiger partial charge is 0.119 e. The van der Waals surface area contributed by atoms with Gasteiger partial charge in [0.2, 0.25) is 0 Å². The SMILES string of the molecule is NCC1CC(OCCOc2ccccc2)C1. The van der Waals surface area contributed by atoms with E-state index in [0.29, 0.717) is 25.2 Å². The lowest BCUT2D eigenvalue weighted by Crippen LogP contribution is -2.36. The largest absolute Gasteiger partial charge is 0.491 e. The fourth-order valence-electron chi connectivity index (χ4n) is 1.89. The maximum atomic E-state index is 5.65. The van der Waals surface area contributed by atoms with Crippen LogP contribution in [-0.4, -0.2) is 25.9 Å². The number of hydrogen-bond donors (Lipinski definition) is 1. The first-order valence-electron chi connectivity index (χ1n) is 5.88. The highest BCUT2D eigenvalue weighted by Crippen LogP contribution is 2.28. The third-order valence-corrected chi connectivity index (χ3v) is 2.97. The molecule has 1 aliphatic carbocycles. The van der Waals surface area contributed by atoms with E-state index in [4.69, 9.17) is 15.2 Å². The summed E-state index contributed by atoms with van der Waals surface area (Å²) in [6.07, 6.45) is 2.64. The molecule has 0 aliphatic heterocycles. The summed E-state index contributed by atoms with van der Waals surface area (Å²) < 4.78 is 11.2. The molecule has 1 aromatic rings. The molecule has 2 rings (SSSR count). The van der Waals surface area contributed by atoms with Crippen molar-refractivity contribution < 1.29 is 9.47 Å². The maximum Gasteiger partial charge on any atom is 0.119 e. The lowest BCUT2D eigenvalue weighted by Gasteiger charge is -2.34. The van der Waals surface area contributed by atoms with E-state index in [0.717, 1.165) is 25.1 Å². The topological polar surface area (TPSA) is 44.5 Å². The van der Waals surface area contributed by atoms with E-state index >= 15 is 0 Å². The van der Waals surface area contributed by atoms with Crippen molar-refractivity contribution in [2.45, 2.75) is 18.9 Å². The van der Waals surface area contributed by atoms with Gasteiger partial charge in [-0.1, -0.05) is 18.2 Å². The Morgan fingerprint density at radius 1 is 1.12 bits per heavy atom. The van der Waals surface area contributed by atoms with Crippen LogP contribution in [0.15, 0.2) is 30.3 Å². The van der Waals surface area contributed by atoms with Crippen molar-refractivity contribution in [2.24, 2.45) is 11.7 Å². The van der Waals surface area contributed by atoms with Crippen molar-refractivity contribution in [1.82, 2.24) is 0 Å². The summed E-state index contributed by atoms with van der Waals surface area (Å²) in [6, 6.07) is 9.81. The summed E-state index contributed by atoms with van der Waals surface area (Å²) in [6.45, 7) is 2.07. The number of para-hydroxylation sites is 1. The lowest BCUT2D eigenvalue weighted by molar-refractivity contribution is -0.0373. The molecule has 0 spiro atoms. The predicted molar refractivity (Wildman–Crippen MR) is 63.5 cm³/mol. The van der Waals surface area contributed by atoms with Gasteiger partial charge in [0.1, 0.15) is 12.4 Å². The van der Waals surface area contributed by atoms with Crippen LogP contribution in [-0.2, 0) is 4.74 Å². The molecule has 1 aliphatic rings. The normalized spacial score (nSPS) is 23.8. The van der Waals surface area contributed by atoms with E-state index in [2.05, 4.69) is 0 Å². The van der Waals surface area contributed by atoms with E-state index in [-0.39, 0.29) is 0 Å². The molecule has 3 nitrogen and oxygen atoms in total. The second kappa shape index (κ2) is 5.87. The van der Waals surface area contributed by atoms with Crippen molar-refractivity contribution >= 4 is 0 Å². The quantitative estimate of drug-likeness (QED) is 0.745.